The Bertz CT molecular complexity index is 859. The average Bonchev–Trinajstić information content (AvgIpc) is 2.73. The van der Waals surface area contributed by atoms with Crippen molar-refractivity contribution in [1.82, 2.24) is 0 Å². The van der Waals surface area contributed by atoms with E-state index < -0.39 is 0 Å². The number of nitrogens with zero attached hydrogens (tertiary/aromatic N) is 1. The van der Waals surface area contributed by atoms with Crippen molar-refractivity contribution in [2.75, 3.05) is 48.7 Å². The number of benzene rings is 2. The van der Waals surface area contributed by atoms with Crippen LogP contribution in [0.5, 0.6) is 0 Å². The highest BCUT2D eigenvalue weighted by atomic mass is 32.2. The zero-order chi connectivity index (χ0) is 20.6. The van der Waals surface area contributed by atoms with Crippen molar-refractivity contribution in [3.05, 3.63) is 66.7 Å². The molecule has 1 saturated heterocycles. The van der Waals surface area contributed by atoms with Crippen molar-refractivity contribution >= 4 is 34.8 Å². The van der Waals surface area contributed by atoms with Gasteiger partial charge in [0.25, 0.3) is 5.91 Å². The first-order chi connectivity index (χ1) is 14.1. The number of rotatable bonds is 8. The summed E-state index contributed by atoms with van der Waals surface area (Å²) < 4.78 is 0. The molecule has 0 unspecified atom stereocenters. The van der Waals surface area contributed by atoms with Crippen molar-refractivity contribution in [1.29, 1.82) is 0 Å². The zero-order valence-corrected chi connectivity index (χ0v) is 17.6. The van der Waals surface area contributed by atoms with E-state index in [4.69, 9.17) is 0 Å². The molecule has 1 amide bonds. The lowest BCUT2D eigenvalue weighted by molar-refractivity contribution is -0.892. The van der Waals surface area contributed by atoms with E-state index in [1.54, 1.807) is 18.7 Å². The molecule has 0 bridgehead atoms. The maximum Gasteiger partial charge on any atom is 0.279 e. The summed E-state index contributed by atoms with van der Waals surface area (Å²) in [5, 5.41) is 3.07. The van der Waals surface area contributed by atoms with E-state index in [0.717, 1.165) is 53.8 Å². The number of hydrogen-bond acceptors (Lipinski definition) is 4. The Labute approximate surface area is 176 Å². The summed E-state index contributed by atoms with van der Waals surface area (Å²) in [5.74, 6) is 0.945. The molecule has 0 aromatic heterocycles. The summed E-state index contributed by atoms with van der Waals surface area (Å²) in [7, 11) is 0. The van der Waals surface area contributed by atoms with Crippen molar-refractivity contribution in [2.24, 2.45) is 0 Å². The fraction of sp³-hybridized carbons (Fsp3) is 0.304. The van der Waals surface area contributed by atoms with Gasteiger partial charge in [-0.25, -0.2) is 0 Å². The molecule has 2 N–H and O–H groups in total. The quantitative estimate of drug-likeness (QED) is 0.399. The molecule has 3 rings (SSSR count). The van der Waals surface area contributed by atoms with Crippen molar-refractivity contribution in [2.45, 2.75) is 11.8 Å². The van der Waals surface area contributed by atoms with Crippen LogP contribution in [-0.2, 0) is 4.79 Å². The van der Waals surface area contributed by atoms with Crippen LogP contribution in [0, 0.1) is 0 Å². The van der Waals surface area contributed by atoms with E-state index in [-0.39, 0.29) is 11.7 Å². The summed E-state index contributed by atoms with van der Waals surface area (Å²) in [4.78, 5) is 28.6. The monoisotopic (exact) mass is 410 g/mol. The van der Waals surface area contributed by atoms with Gasteiger partial charge in [-0.3, -0.25) is 9.59 Å². The van der Waals surface area contributed by atoms with Crippen molar-refractivity contribution in [3.63, 3.8) is 0 Å². The number of Topliss-reactive ketones (excluding diaryl/α,β-unsaturated/α-hetero) is 1. The van der Waals surface area contributed by atoms with Gasteiger partial charge in [0.05, 0.1) is 31.9 Å². The molecule has 0 atom stereocenters. The number of ketones is 1. The zero-order valence-electron chi connectivity index (χ0n) is 16.8. The molecule has 2 aromatic rings. The van der Waals surface area contributed by atoms with Crippen LogP contribution in [0.25, 0.3) is 0 Å². The second-order valence-electron chi connectivity index (χ2n) is 7.16. The number of carbonyl (C=O) groups excluding carboxylic acids is 2. The highest BCUT2D eigenvalue weighted by Crippen LogP contribution is 2.26. The number of piperazine rings is 1. The van der Waals surface area contributed by atoms with Crippen LogP contribution in [0.15, 0.2) is 66.1 Å². The molecule has 1 heterocycles. The second-order valence-corrected chi connectivity index (χ2v) is 8.22. The molecule has 0 aliphatic carbocycles. The standard InChI is InChI=1S/C23H27N3O2S/c1-3-16-29-22-7-5-4-6-21(22)24-23(28)17-25-12-14-26(15-13-25)20-10-8-19(9-11-20)18(2)27/h3-11H,1,12-17H2,2H3,(H,24,28)/p+1. The maximum absolute atomic E-state index is 12.6. The summed E-state index contributed by atoms with van der Waals surface area (Å²) in [6.45, 7) is 9.42. The first-order valence-corrected chi connectivity index (χ1v) is 10.9. The third kappa shape index (κ3) is 5.95. The van der Waals surface area contributed by atoms with Crippen LogP contribution in [0.3, 0.4) is 0 Å². The van der Waals surface area contributed by atoms with E-state index in [2.05, 4.69) is 16.8 Å². The third-order valence-electron chi connectivity index (χ3n) is 5.04. The molecular formula is C23H28N3O2S+. The Hall–Kier alpha value is -2.57. The van der Waals surface area contributed by atoms with Crippen LogP contribution >= 0.6 is 11.8 Å². The number of carbonyl (C=O) groups is 2. The molecular weight excluding hydrogens is 382 g/mol. The van der Waals surface area contributed by atoms with Gasteiger partial charge in [0, 0.05) is 21.9 Å². The van der Waals surface area contributed by atoms with Gasteiger partial charge in [-0.2, -0.15) is 0 Å². The van der Waals surface area contributed by atoms with E-state index >= 15 is 0 Å². The lowest BCUT2D eigenvalue weighted by atomic mass is 10.1. The van der Waals surface area contributed by atoms with Crippen molar-refractivity contribution < 1.29 is 14.5 Å². The topological polar surface area (TPSA) is 53.9 Å². The van der Waals surface area contributed by atoms with E-state index in [1.165, 1.54) is 4.90 Å². The molecule has 0 radical (unpaired) electrons. The van der Waals surface area contributed by atoms with E-state index in [0.29, 0.717) is 6.54 Å². The van der Waals surface area contributed by atoms with Gasteiger partial charge in [0.2, 0.25) is 0 Å². The Kier molecular flexibility index (Phi) is 7.49. The molecule has 152 valence electrons. The van der Waals surface area contributed by atoms with Gasteiger partial charge in [0.15, 0.2) is 12.3 Å². The Morgan fingerprint density at radius 3 is 2.48 bits per heavy atom. The second kappa shape index (κ2) is 10.3. The maximum atomic E-state index is 12.6. The number of quaternary nitrogens is 1. The van der Waals surface area contributed by atoms with Crippen LogP contribution in [-0.4, -0.2) is 50.2 Å². The van der Waals surface area contributed by atoms with Gasteiger partial charge in [-0.15, -0.1) is 18.3 Å². The summed E-state index contributed by atoms with van der Waals surface area (Å²) in [6, 6.07) is 15.7. The van der Waals surface area contributed by atoms with Crippen molar-refractivity contribution in [3.8, 4) is 0 Å². The third-order valence-corrected chi connectivity index (χ3v) is 6.11. The molecule has 5 nitrogen and oxygen atoms in total. The normalized spacial score (nSPS) is 14.4. The predicted octanol–water partition coefficient (Wildman–Crippen LogP) is 2.51. The minimum absolute atomic E-state index is 0.0471. The molecule has 6 heteroatoms. The molecule has 0 saturated carbocycles. The minimum Gasteiger partial charge on any atom is -0.360 e. The van der Waals surface area contributed by atoms with Gasteiger partial charge in [-0.1, -0.05) is 18.2 Å². The minimum atomic E-state index is 0.0471. The molecule has 0 spiro atoms. The fourth-order valence-electron chi connectivity index (χ4n) is 3.43. The Morgan fingerprint density at radius 1 is 1.14 bits per heavy atom. The first-order valence-electron chi connectivity index (χ1n) is 9.89. The van der Waals surface area contributed by atoms with Crippen LogP contribution in [0.4, 0.5) is 11.4 Å². The van der Waals surface area contributed by atoms with Crippen LogP contribution in [0.2, 0.25) is 0 Å². The average molecular weight is 411 g/mol. The summed E-state index contributed by atoms with van der Waals surface area (Å²) in [5.41, 5.74) is 2.74. The SMILES string of the molecule is C=CCSc1ccccc1NC(=O)C[NH+]1CCN(c2ccc(C(C)=O)cc2)CC1. The highest BCUT2D eigenvalue weighted by Gasteiger charge is 2.22. The van der Waals surface area contributed by atoms with Gasteiger partial charge >= 0.3 is 0 Å². The molecule has 2 aromatic carbocycles. The number of thioether (sulfide) groups is 1. The number of hydrogen-bond donors (Lipinski definition) is 2. The number of para-hydroxylation sites is 1. The summed E-state index contributed by atoms with van der Waals surface area (Å²) in [6.07, 6.45) is 1.86. The molecule has 1 fully saturated rings. The van der Waals surface area contributed by atoms with Crippen LogP contribution in [0.1, 0.15) is 17.3 Å². The highest BCUT2D eigenvalue weighted by molar-refractivity contribution is 7.99. The molecule has 1 aliphatic rings. The Balaban J connectivity index is 1.50. The lowest BCUT2D eigenvalue weighted by Crippen LogP contribution is -3.15. The first kappa shape index (κ1) is 21.1. The van der Waals surface area contributed by atoms with Gasteiger partial charge in [0.1, 0.15) is 0 Å². The Morgan fingerprint density at radius 2 is 1.83 bits per heavy atom. The number of amides is 1. The largest absolute Gasteiger partial charge is 0.360 e. The number of anilines is 2. The lowest BCUT2D eigenvalue weighted by Gasteiger charge is -2.33. The predicted molar refractivity (Wildman–Crippen MR) is 120 cm³/mol. The molecule has 29 heavy (non-hydrogen) atoms. The smallest absolute Gasteiger partial charge is 0.279 e. The van der Waals surface area contributed by atoms with Gasteiger partial charge in [-0.05, 0) is 43.3 Å². The van der Waals surface area contributed by atoms with E-state index in [1.807, 2.05) is 54.6 Å². The fourth-order valence-corrected chi connectivity index (χ4v) is 4.18. The van der Waals surface area contributed by atoms with E-state index in [9.17, 15) is 9.59 Å². The number of nitrogens with one attached hydrogen (secondary N) is 2. The van der Waals surface area contributed by atoms with Crippen LogP contribution < -0.4 is 15.1 Å². The summed E-state index contributed by atoms with van der Waals surface area (Å²) >= 11 is 1.67. The van der Waals surface area contributed by atoms with Gasteiger partial charge < -0.3 is 15.1 Å². The molecule has 1 aliphatic heterocycles.